The van der Waals surface area contributed by atoms with Crippen LogP contribution in [0, 0.1) is 0 Å². The highest BCUT2D eigenvalue weighted by molar-refractivity contribution is 5.60. The van der Waals surface area contributed by atoms with Gasteiger partial charge in [0.15, 0.2) is 5.76 Å². The van der Waals surface area contributed by atoms with Crippen LogP contribution >= 0.6 is 0 Å². The normalized spacial score (nSPS) is 11.2. The van der Waals surface area contributed by atoms with Gasteiger partial charge in [0.05, 0.1) is 20.3 Å². The van der Waals surface area contributed by atoms with Gasteiger partial charge in [0.25, 0.3) is 0 Å². The molecule has 4 heteroatoms. The lowest BCUT2D eigenvalue weighted by molar-refractivity contribution is 0.185. The molecule has 0 radical (unpaired) electrons. The first-order chi connectivity index (χ1) is 11.3. The summed E-state index contributed by atoms with van der Waals surface area (Å²) in [5.74, 6) is 2.17. The van der Waals surface area contributed by atoms with E-state index in [9.17, 15) is 0 Å². The van der Waals surface area contributed by atoms with Gasteiger partial charge in [0, 0.05) is 12.7 Å². The van der Waals surface area contributed by atoms with Gasteiger partial charge in [0.1, 0.15) is 17.8 Å². The van der Waals surface area contributed by atoms with E-state index in [-0.39, 0.29) is 0 Å². The summed E-state index contributed by atoms with van der Waals surface area (Å²) in [7, 11) is 3.29. The molecule has 0 aliphatic carbocycles. The Morgan fingerprint density at radius 2 is 1.78 bits per heavy atom. The van der Waals surface area contributed by atoms with Gasteiger partial charge in [0.2, 0.25) is 0 Å². The molecule has 0 aliphatic heterocycles. The number of hydrogen-bond donors (Lipinski definition) is 0. The van der Waals surface area contributed by atoms with Crippen molar-refractivity contribution in [2.75, 3.05) is 20.8 Å². The van der Waals surface area contributed by atoms with Gasteiger partial charge >= 0.3 is 0 Å². The summed E-state index contributed by atoms with van der Waals surface area (Å²) in [5, 5.41) is 0. The van der Waals surface area contributed by atoms with Crippen molar-refractivity contribution in [3.63, 3.8) is 0 Å². The van der Waals surface area contributed by atoms with Crippen LogP contribution in [0.15, 0.2) is 54.8 Å². The second-order valence-corrected chi connectivity index (χ2v) is 4.84. The number of ether oxygens (including phenoxy) is 4. The fourth-order valence-electron chi connectivity index (χ4n) is 2.09. The van der Waals surface area contributed by atoms with Gasteiger partial charge in [-0.3, -0.25) is 0 Å². The standard InChI is InChI=1S/C19H22O4/c1-4-22-18-7-5-6-16(12-18)19(21-3)14-23-17-10-8-15(9-11-17)13-20-2/h5-12,14H,4,13H2,1-3H3/b19-14-. The van der Waals surface area contributed by atoms with Gasteiger partial charge < -0.3 is 18.9 Å². The summed E-state index contributed by atoms with van der Waals surface area (Å²) in [6.07, 6.45) is 1.59. The first-order valence-electron chi connectivity index (χ1n) is 7.48. The molecule has 122 valence electrons. The fourth-order valence-corrected chi connectivity index (χ4v) is 2.09. The lowest BCUT2D eigenvalue weighted by atomic mass is 10.2. The number of methoxy groups -OCH3 is 2. The summed E-state index contributed by atoms with van der Waals surface area (Å²) in [4.78, 5) is 0. The largest absolute Gasteiger partial charge is 0.494 e. The van der Waals surface area contributed by atoms with Crippen molar-refractivity contribution in [1.82, 2.24) is 0 Å². The minimum atomic E-state index is 0.587. The van der Waals surface area contributed by atoms with Gasteiger partial charge in [-0.05, 0) is 36.8 Å². The molecular weight excluding hydrogens is 292 g/mol. The van der Waals surface area contributed by atoms with Crippen LogP contribution < -0.4 is 9.47 Å². The van der Waals surface area contributed by atoms with Crippen LogP contribution in [0.1, 0.15) is 18.1 Å². The Morgan fingerprint density at radius 3 is 2.43 bits per heavy atom. The van der Waals surface area contributed by atoms with E-state index >= 15 is 0 Å². The van der Waals surface area contributed by atoms with E-state index < -0.39 is 0 Å². The lowest BCUT2D eigenvalue weighted by Crippen LogP contribution is -1.95. The molecule has 0 amide bonds. The Bertz CT molecular complexity index is 632. The quantitative estimate of drug-likeness (QED) is 0.682. The molecule has 0 fully saturated rings. The third-order valence-electron chi connectivity index (χ3n) is 3.19. The van der Waals surface area contributed by atoms with Crippen LogP contribution in [0.4, 0.5) is 0 Å². The molecule has 2 rings (SSSR count). The molecule has 0 bridgehead atoms. The molecule has 23 heavy (non-hydrogen) atoms. The number of benzene rings is 2. The smallest absolute Gasteiger partial charge is 0.161 e. The predicted octanol–water partition coefficient (Wildman–Crippen LogP) is 4.26. The van der Waals surface area contributed by atoms with Crippen molar-refractivity contribution in [2.24, 2.45) is 0 Å². The highest BCUT2D eigenvalue weighted by Crippen LogP contribution is 2.22. The summed E-state index contributed by atoms with van der Waals surface area (Å²) in [6.45, 7) is 3.17. The zero-order valence-corrected chi connectivity index (χ0v) is 13.7. The molecule has 2 aromatic carbocycles. The molecule has 0 atom stereocenters. The Kier molecular flexibility index (Phi) is 6.51. The Balaban J connectivity index is 2.10. The van der Waals surface area contributed by atoms with Crippen molar-refractivity contribution in [1.29, 1.82) is 0 Å². The maximum absolute atomic E-state index is 5.68. The van der Waals surface area contributed by atoms with E-state index in [1.165, 1.54) is 0 Å². The van der Waals surface area contributed by atoms with Gasteiger partial charge in [-0.25, -0.2) is 0 Å². The third kappa shape index (κ3) is 5.04. The average molecular weight is 314 g/mol. The molecular formula is C19H22O4. The van der Waals surface area contributed by atoms with Crippen molar-refractivity contribution < 1.29 is 18.9 Å². The maximum atomic E-state index is 5.68. The molecule has 2 aromatic rings. The molecule has 0 N–H and O–H groups in total. The van der Waals surface area contributed by atoms with E-state index in [0.29, 0.717) is 19.0 Å². The summed E-state index contributed by atoms with van der Waals surface area (Å²) < 4.78 is 21.7. The van der Waals surface area contributed by atoms with Crippen LogP contribution in [-0.2, 0) is 16.1 Å². The van der Waals surface area contributed by atoms with Crippen molar-refractivity contribution >= 4 is 5.76 Å². The van der Waals surface area contributed by atoms with Gasteiger partial charge in [-0.1, -0.05) is 24.3 Å². The first kappa shape index (κ1) is 16.9. The van der Waals surface area contributed by atoms with Gasteiger partial charge in [-0.2, -0.15) is 0 Å². The van der Waals surface area contributed by atoms with E-state index in [1.54, 1.807) is 20.5 Å². The number of hydrogen-bond acceptors (Lipinski definition) is 4. The van der Waals surface area contributed by atoms with Crippen molar-refractivity contribution in [3.05, 3.63) is 65.9 Å². The SMILES string of the molecule is CCOc1cccc(/C(=C/Oc2ccc(COC)cc2)OC)c1. The minimum absolute atomic E-state index is 0.587. The van der Waals surface area contributed by atoms with Crippen molar-refractivity contribution in [3.8, 4) is 11.5 Å². The molecule has 0 saturated carbocycles. The van der Waals surface area contributed by atoms with E-state index in [0.717, 1.165) is 22.6 Å². The average Bonchev–Trinajstić information content (AvgIpc) is 2.58. The summed E-state index contributed by atoms with van der Waals surface area (Å²) in [5.41, 5.74) is 2.00. The number of rotatable bonds is 8. The maximum Gasteiger partial charge on any atom is 0.161 e. The topological polar surface area (TPSA) is 36.9 Å². The Morgan fingerprint density at radius 1 is 1.00 bits per heavy atom. The van der Waals surface area contributed by atoms with E-state index in [1.807, 2.05) is 55.5 Å². The van der Waals surface area contributed by atoms with Crippen LogP contribution in [-0.4, -0.2) is 20.8 Å². The minimum Gasteiger partial charge on any atom is -0.494 e. The Labute approximate surface area is 137 Å². The highest BCUT2D eigenvalue weighted by atomic mass is 16.5. The molecule has 0 heterocycles. The summed E-state index contributed by atoms with van der Waals surface area (Å²) in [6, 6.07) is 15.4. The molecule has 0 spiro atoms. The van der Waals surface area contributed by atoms with Crippen LogP contribution in [0.5, 0.6) is 11.5 Å². The second kappa shape index (κ2) is 8.86. The zero-order chi connectivity index (χ0) is 16.5. The van der Waals surface area contributed by atoms with E-state index in [4.69, 9.17) is 18.9 Å². The Hall–Kier alpha value is -2.46. The molecule has 0 aliphatic rings. The fraction of sp³-hybridized carbons (Fsp3) is 0.263. The molecule has 0 saturated heterocycles. The third-order valence-corrected chi connectivity index (χ3v) is 3.19. The first-order valence-corrected chi connectivity index (χ1v) is 7.48. The van der Waals surface area contributed by atoms with Crippen LogP contribution in [0.2, 0.25) is 0 Å². The molecule has 4 nitrogen and oxygen atoms in total. The summed E-state index contributed by atoms with van der Waals surface area (Å²) >= 11 is 0. The van der Waals surface area contributed by atoms with Gasteiger partial charge in [-0.15, -0.1) is 0 Å². The highest BCUT2D eigenvalue weighted by Gasteiger charge is 2.04. The second-order valence-electron chi connectivity index (χ2n) is 4.84. The van der Waals surface area contributed by atoms with Crippen molar-refractivity contribution in [2.45, 2.75) is 13.5 Å². The monoisotopic (exact) mass is 314 g/mol. The molecule has 0 aromatic heterocycles. The lowest BCUT2D eigenvalue weighted by Gasteiger charge is -2.09. The van der Waals surface area contributed by atoms with Crippen LogP contribution in [0.25, 0.3) is 5.76 Å². The van der Waals surface area contributed by atoms with E-state index in [2.05, 4.69) is 0 Å². The zero-order valence-electron chi connectivity index (χ0n) is 13.7. The van der Waals surface area contributed by atoms with Crippen LogP contribution in [0.3, 0.4) is 0 Å². The molecule has 0 unspecified atom stereocenters. The predicted molar refractivity (Wildman–Crippen MR) is 90.4 cm³/mol.